The van der Waals surface area contributed by atoms with Crippen molar-refractivity contribution in [2.24, 2.45) is 0 Å². The van der Waals surface area contributed by atoms with Crippen LogP contribution in [0.4, 0.5) is 11.8 Å². The SMILES string of the molecule is Cc1cc(N(C)CCc2ccncc2)nc(N2CCN(C)CC2)n1. The molecule has 0 amide bonds. The van der Waals surface area contributed by atoms with Gasteiger partial charge in [0.2, 0.25) is 5.95 Å². The average molecular weight is 326 g/mol. The van der Waals surface area contributed by atoms with Crippen LogP contribution in [0.3, 0.4) is 0 Å². The molecule has 0 aromatic carbocycles. The third-order valence-corrected chi connectivity index (χ3v) is 4.49. The largest absolute Gasteiger partial charge is 0.359 e. The van der Waals surface area contributed by atoms with E-state index in [9.17, 15) is 0 Å². The molecule has 2 aromatic heterocycles. The number of nitrogens with zero attached hydrogens (tertiary/aromatic N) is 6. The predicted octanol–water partition coefficient (Wildman–Crippen LogP) is 1.61. The van der Waals surface area contributed by atoms with Crippen LogP contribution in [0.15, 0.2) is 30.6 Å². The summed E-state index contributed by atoms with van der Waals surface area (Å²) in [5, 5.41) is 0. The second kappa shape index (κ2) is 7.57. The van der Waals surface area contributed by atoms with Crippen molar-refractivity contribution in [1.82, 2.24) is 19.9 Å². The Kier molecular flexibility index (Phi) is 5.25. The van der Waals surface area contributed by atoms with Gasteiger partial charge in [-0.2, -0.15) is 4.98 Å². The van der Waals surface area contributed by atoms with Gasteiger partial charge in [0, 0.05) is 63.9 Å². The van der Waals surface area contributed by atoms with Crippen LogP contribution in [-0.2, 0) is 6.42 Å². The molecule has 2 aromatic rings. The molecule has 0 atom stereocenters. The molecule has 3 heterocycles. The lowest BCUT2D eigenvalue weighted by Gasteiger charge is -2.33. The first kappa shape index (κ1) is 16.6. The molecule has 1 aliphatic heterocycles. The lowest BCUT2D eigenvalue weighted by Crippen LogP contribution is -2.45. The molecule has 6 heteroatoms. The second-order valence-corrected chi connectivity index (χ2v) is 6.48. The molecule has 0 radical (unpaired) electrons. The fourth-order valence-corrected chi connectivity index (χ4v) is 2.84. The van der Waals surface area contributed by atoms with E-state index in [4.69, 9.17) is 4.98 Å². The highest BCUT2D eigenvalue weighted by atomic mass is 15.3. The van der Waals surface area contributed by atoms with Crippen molar-refractivity contribution in [3.05, 3.63) is 41.9 Å². The average Bonchev–Trinajstić information content (AvgIpc) is 2.60. The van der Waals surface area contributed by atoms with E-state index in [-0.39, 0.29) is 0 Å². The van der Waals surface area contributed by atoms with Gasteiger partial charge in [0.25, 0.3) is 0 Å². The number of hydrogen-bond donors (Lipinski definition) is 0. The molecule has 24 heavy (non-hydrogen) atoms. The Morgan fingerprint density at radius 2 is 1.79 bits per heavy atom. The fourth-order valence-electron chi connectivity index (χ4n) is 2.84. The third kappa shape index (κ3) is 4.20. The monoisotopic (exact) mass is 326 g/mol. The second-order valence-electron chi connectivity index (χ2n) is 6.48. The number of rotatable bonds is 5. The van der Waals surface area contributed by atoms with Gasteiger partial charge in [-0.3, -0.25) is 4.98 Å². The summed E-state index contributed by atoms with van der Waals surface area (Å²) < 4.78 is 0. The molecule has 1 saturated heterocycles. The summed E-state index contributed by atoms with van der Waals surface area (Å²) in [6, 6.07) is 6.19. The summed E-state index contributed by atoms with van der Waals surface area (Å²) in [6.07, 6.45) is 4.66. The Labute approximate surface area is 144 Å². The van der Waals surface area contributed by atoms with E-state index in [1.165, 1.54) is 5.56 Å². The fraction of sp³-hybridized carbons (Fsp3) is 0.500. The standard InChI is InChI=1S/C18H26N6/c1-15-14-17(23(3)9-6-16-4-7-19-8-5-16)21-18(20-15)24-12-10-22(2)11-13-24/h4-5,7-8,14H,6,9-13H2,1-3H3. The quantitative estimate of drug-likeness (QED) is 0.832. The lowest BCUT2D eigenvalue weighted by atomic mass is 10.2. The molecular formula is C18H26N6. The minimum Gasteiger partial charge on any atom is -0.359 e. The number of likely N-dealkylation sites (N-methyl/N-ethyl adjacent to an activating group) is 2. The Hall–Kier alpha value is -2.21. The van der Waals surface area contributed by atoms with Crippen molar-refractivity contribution in [3.8, 4) is 0 Å². The van der Waals surface area contributed by atoms with Crippen LogP contribution in [0.2, 0.25) is 0 Å². The van der Waals surface area contributed by atoms with E-state index < -0.39 is 0 Å². The van der Waals surface area contributed by atoms with Gasteiger partial charge in [0.05, 0.1) is 0 Å². The van der Waals surface area contributed by atoms with Gasteiger partial charge >= 0.3 is 0 Å². The summed E-state index contributed by atoms with van der Waals surface area (Å²) in [6.45, 7) is 7.05. The van der Waals surface area contributed by atoms with Crippen LogP contribution in [-0.4, -0.2) is 66.7 Å². The highest BCUT2D eigenvalue weighted by molar-refractivity contribution is 5.45. The Balaban J connectivity index is 1.68. The number of piperazine rings is 1. The van der Waals surface area contributed by atoms with E-state index in [0.717, 1.165) is 56.6 Å². The number of hydrogen-bond acceptors (Lipinski definition) is 6. The van der Waals surface area contributed by atoms with Crippen LogP contribution in [0, 0.1) is 6.92 Å². The van der Waals surface area contributed by atoms with Crippen LogP contribution in [0.1, 0.15) is 11.3 Å². The maximum atomic E-state index is 4.80. The molecule has 128 valence electrons. The number of pyridine rings is 1. The van der Waals surface area contributed by atoms with E-state index in [1.54, 1.807) is 0 Å². The van der Waals surface area contributed by atoms with E-state index in [0.29, 0.717) is 0 Å². The Morgan fingerprint density at radius 3 is 2.50 bits per heavy atom. The molecule has 6 nitrogen and oxygen atoms in total. The number of anilines is 2. The topological polar surface area (TPSA) is 48.4 Å². The maximum absolute atomic E-state index is 4.80. The van der Waals surface area contributed by atoms with Crippen LogP contribution >= 0.6 is 0 Å². The zero-order chi connectivity index (χ0) is 16.9. The van der Waals surface area contributed by atoms with Crippen molar-refractivity contribution in [3.63, 3.8) is 0 Å². The first-order chi connectivity index (χ1) is 11.6. The lowest BCUT2D eigenvalue weighted by molar-refractivity contribution is 0.311. The molecule has 0 unspecified atom stereocenters. The highest BCUT2D eigenvalue weighted by Gasteiger charge is 2.18. The van der Waals surface area contributed by atoms with Crippen LogP contribution in [0.5, 0.6) is 0 Å². The summed E-state index contributed by atoms with van der Waals surface area (Å²) >= 11 is 0. The van der Waals surface area contributed by atoms with Gasteiger partial charge in [-0.05, 0) is 38.1 Å². The first-order valence-electron chi connectivity index (χ1n) is 8.51. The third-order valence-electron chi connectivity index (χ3n) is 4.49. The van der Waals surface area contributed by atoms with Crippen LogP contribution in [0.25, 0.3) is 0 Å². The van der Waals surface area contributed by atoms with E-state index in [1.807, 2.05) is 19.3 Å². The minimum atomic E-state index is 0.855. The van der Waals surface area contributed by atoms with Crippen molar-refractivity contribution >= 4 is 11.8 Å². The van der Waals surface area contributed by atoms with Crippen LogP contribution < -0.4 is 9.80 Å². The molecule has 0 spiro atoms. The molecule has 0 aliphatic carbocycles. The molecular weight excluding hydrogens is 300 g/mol. The predicted molar refractivity (Wildman–Crippen MR) is 97.7 cm³/mol. The van der Waals surface area contributed by atoms with Crippen molar-refractivity contribution in [1.29, 1.82) is 0 Å². The minimum absolute atomic E-state index is 0.855. The molecule has 0 bridgehead atoms. The number of aromatic nitrogens is 3. The van der Waals surface area contributed by atoms with Crippen molar-refractivity contribution in [2.45, 2.75) is 13.3 Å². The summed E-state index contributed by atoms with van der Waals surface area (Å²) in [4.78, 5) is 20.3. The van der Waals surface area contributed by atoms with Gasteiger partial charge < -0.3 is 14.7 Å². The molecule has 0 saturated carbocycles. The summed E-state index contributed by atoms with van der Waals surface area (Å²) in [7, 11) is 4.25. The maximum Gasteiger partial charge on any atom is 0.227 e. The van der Waals surface area contributed by atoms with Crippen molar-refractivity contribution < 1.29 is 0 Å². The highest BCUT2D eigenvalue weighted by Crippen LogP contribution is 2.18. The molecule has 1 fully saturated rings. The van der Waals surface area contributed by atoms with Gasteiger partial charge in [-0.15, -0.1) is 0 Å². The molecule has 1 aliphatic rings. The van der Waals surface area contributed by atoms with Crippen molar-refractivity contribution in [2.75, 3.05) is 56.6 Å². The van der Waals surface area contributed by atoms with E-state index >= 15 is 0 Å². The van der Waals surface area contributed by atoms with Gasteiger partial charge in [0.1, 0.15) is 5.82 Å². The zero-order valence-electron chi connectivity index (χ0n) is 14.8. The number of aryl methyl sites for hydroxylation is 1. The Morgan fingerprint density at radius 1 is 1.08 bits per heavy atom. The first-order valence-corrected chi connectivity index (χ1v) is 8.51. The zero-order valence-corrected chi connectivity index (χ0v) is 14.8. The van der Waals surface area contributed by atoms with E-state index in [2.05, 4.69) is 57.0 Å². The smallest absolute Gasteiger partial charge is 0.227 e. The van der Waals surface area contributed by atoms with Gasteiger partial charge in [-0.1, -0.05) is 0 Å². The Bertz CT molecular complexity index is 652. The summed E-state index contributed by atoms with van der Waals surface area (Å²) in [5.74, 6) is 1.85. The molecule has 3 rings (SSSR count). The van der Waals surface area contributed by atoms with Gasteiger partial charge in [-0.25, -0.2) is 4.98 Å². The normalized spacial score (nSPS) is 15.5. The van der Waals surface area contributed by atoms with Gasteiger partial charge in [0.15, 0.2) is 0 Å². The molecule has 0 N–H and O–H groups in total. The summed E-state index contributed by atoms with van der Waals surface area (Å²) in [5.41, 5.74) is 2.31.